The monoisotopic (exact) mass is 652 g/mol. The van der Waals surface area contributed by atoms with Crippen molar-refractivity contribution < 1.29 is 10.2 Å². The maximum Gasteiger partial charge on any atom is 0.147 e. The molecule has 2 aromatic carbocycles. The largest absolute Gasteiger partial charge is 0.505 e. The van der Waals surface area contributed by atoms with Crippen molar-refractivity contribution in [2.75, 3.05) is 10.6 Å². The van der Waals surface area contributed by atoms with Gasteiger partial charge in [0.05, 0.1) is 12.1 Å². The number of phenols is 2. The van der Waals surface area contributed by atoms with Crippen molar-refractivity contribution in [1.82, 2.24) is 19.9 Å². The first-order valence-electron chi connectivity index (χ1n) is 17.3. The fraction of sp³-hybridized carbons (Fsp3) is 0.317. The van der Waals surface area contributed by atoms with Gasteiger partial charge in [-0.3, -0.25) is 9.97 Å². The highest BCUT2D eigenvalue weighted by molar-refractivity contribution is 5.86. The number of benzene rings is 2. The lowest BCUT2D eigenvalue weighted by Gasteiger charge is -2.36. The third kappa shape index (κ3) is 7.14. The molecule has 1 fully saturated rings. The normalized spacial score (nSPS) is 17.9. The second-order valence-electron chi connectivity index (χ2n) is 14.6. The van der Waals surface area contributed by atoms with Crippen LogP contribution in [0.3, 0.4) is 0 Å². The van der Waals surface area contributed by atoms with Crippen LogP contribution in [0, 0.1) is 11.3 Å². The molecule has 49 heavy (non-hydrogen) atoms. The Morgan fingerprint density at radius 3 is 2.02 bits per heavy atom. The summed E-state index contributed by atoms with van der Waals surface area (Å²) in [5, 5.41) is 31.9. The average Bonchev–Trinajstić information content (AvgIpc) is 3.11. The fourth-order valence-corrected chi connectivity index (χ4v) is 7.47. The minimum absolute atomic E-state index is 0.00954. The highest BCUT2D eigenvalue weighted by atomic mass is 16.3. The molecule has 8 nitrogen and oxygen atoms in total. The number of aromatic nitrogens is 4. The molecule has 0 aliphatic heterocycles. The van der Waals surface area contributed by atoms with Gasteiger partial charge in [-0.05, 0) is 78.8 Å². The van der Waals surface area contributed by atoms with Gasteiger partial charge in [0.2, 0.25) is 0 Å². The molecule has 0 saturated heterocycles. The summed E-state index contributed by atoms with van der Waals surface area (Å²) in [5.41, 5.74) is 4.11. The highest BCUT2D eigenvalue weighted by Crippen LogP contribution is 2.46. The lowest BCUT2D eigenvalue weighted by atomic mass is 9.73. The van der Waals surface area contributed by atoms with E-state index in [0.717, 1.165) is 65.6 Å². The van der Waals surface area contributed by atoms with Gasteiger partial charge in [0.15, 0.2) is 0 Å². The first-order chi connectivity index (χ1) is 23.7. The van der Waals surface area contributed by atoms with Gasteiger partial charge in [-0.2, -0.15) is 0 Å². The van der Waals surface area contributed by atoms with Crippen molar-refractivity contribution in [2.24, 2.45) is 11.3 Å². The van der Waals surface area contributed by atoms with Crippen molar-refractivity contribution in [2.45, 2.75) is 70.9 Å². The summed E-state index contributed by atoms with van der Waals surface area (Å²) in [6.07, 6.45) is 12.2. The zero-order chi connectivity index (χ0) is 34.0. The number of hydrogen-bond acceptors (Lipinski definition) is 8. The lowest BCUT2D eigenvalue weighted by molar-refractivity contribution is 0.286. The number of nitrogens with zero attached hydrogens (tertiary/aromatic N) is 4. The third-order valence-corrected chi connectivity index (χ3v) is 9.82. The van der Waals surface area contributed by atoms with Crippen LogP contribution in [-0.2, 0) is 0 Å². The maximum absolute atomic E-state index is 11.5. The second-order valence-corrected chi connectivity index (χ2v) is 14.6. The number of pyridine rings is 4. The van der Waals surface area contributed by atoms with Gasteiger partial charge in [-0.1, -0.05) is 75.7 Å². The Labute approximate surface area is 287 Å². The molecule has 0 spiro atoms. The van der Waals surface area contributed by atoms with E-state index >= 15 is 0 Å². The van der Waals surface area contributed by atoms with E-state index in [4.69, 9.17) is 4.98 Å². The predicted molar refractivity (Wildman–Crippen MR) is 197 cm³/mol. The van der Waals surface area contributed by atoms with E-state index in [0.29, 0.717) is 17.0 Å². The Balaban J connectivity index is 1.13. The fourth-order valence-electron chi connectivity index (χ4n) is 7.47. The Hall–Kier alpha value is -5.24. The first-order valence-corrected chi connectivity index (χ1v) is 17.3. The molecule has 0 amide bonds. The summed E-state index contributed by atoms with van der Waals surface area (Å²) in [7, 11) is 0. The van der Waals surface area contributed by atoms with E-state index in [1.54, 1.807) is 18.6 Å². The Morgan fingerprint density at radius 2 is 1.37 bits per heavy atom. The molecule has 7 rings (SSSR count). The van der Waals surface area contributed by atoms with Gasteiger partial charge in [-0.25, -0.2) is 9.97 Å². The van der Waals surface area contributed by atoms with Gasteiger partial charge in [-0.15, -0.1) is 0 Å². The van der Waals surface area contributed by atoms with Crippen molar-refractivity contribution in [3.63, 3.8) is 0 Å². The molecule has 1 saturated carbocycles. The quantitative estimate of drug-likeness (QED) is 0.122. The van der Waals surface area contributed by atoms with E-state index < -0.39 is 0 Å². The molecule has 8 heteroatoms. The molecular formula is C41H44N6O2. The smallest absolute Gasteiger partial charge is 0.147 e. The zero-order valence-corrected chi connectivity index (χ0v) is 28.3. The van der Waals surface area contributed by atoms with E-state index in [9.17, 15) is 10.2 Å². The average molecular weight is 653 g/mol. The first kappa shape index (κ1) is 32.3. The standard InChI is InChI=1S/C41H44N6O2/c1-41(2,3)24-33(31-17-14-26-11-7-21-43-37(26)39(31)48)46-35-19-16-30(25-45-35)28-9-6-10-29(23-28)36(47-34-13-4-5-20-42-34)32-18-15-27-12-8-22-44-38(27)40(32)49/h4-5,7-8,11-22,25,28-29,33,36,48-49H,6,9-10,23-24H2,1-3H3,(H,42,47)(H,45,46). The van der Waals surface area contributed by atoms with E-state index in [1.807, 2.05) is 72.9 Å². The maximum atomic E-state index is 11.5. The number of aromatic hydroxyl groups is 2. The van der Waals surface area contributed by atoms with Crippen LogP contribution in [0.4, 0.5) is 11.6 Å². The second kappa shape index (κ2) is 13.7. The Kier molecular flexibility index (Phi) is 9.04. The van der Waals surface area contributed by atoms with Crippen LogP contribution < -0.4 is 10.6 Å². The predicted octanol–water partition coefficient (Wildman–Crippen LogP) is 9.70. The van der Waals surface area contributed by atoms with Crippen molar-refractivity contribution >= 4 is 33.4 Å². The summed E-state index contributed by atoms with van der Waals surface area (Å²) in [6.45, 7) is 6.62. The van der Waals surface area contributed by atoms with Crippen LogP contribution in [0.1, 0.15) is 87.6 Å². The van der Waals surface area contributed by atoms with Crippen molar-refractivity contribution in [3.05, 3.63) is 120 Å². The van der Waals surface area contributed by atoms with Crippen LogP contribution in [0.2, 0.25) is 0 Å². The van der Waals surface area contributed by atoms with Gasteiger partial charge in [0.25, 0.3) is 0 Å². The highest BCUT2D eigenvalue weighted by Gasteiger charge is 2.33. The summed E-state index contributed by atoms with van der Waals surface area (Å²) < 4.78 is 0. The molecule has 250 valence electrons. The Morgan fingerprint density at radius 1 is 0.694 bits per heavy atom. The van der Waals surface area contributed by atoms with Crippen LogP contribution in [-0.4, -0.2) is 30.1 Å². The molecule has 4 heterocycles. The van der Waals surface area contributed by atoms with Crippen LogP contribution in [0.5, 0.6) is 11.5 Å². The Bertz CT molecular complexity index is 2040. The molecule has 1 aliphatic carbocycles. The molecule has 1 aliphatic rings. The molecule has 4 atom stereocenters. The minimum Gasteiger partial charge on any atom is -0.505 e. The van der Waals surface area contributed by atoms with E-state index in [1.165, 1.54) is 5.56 Å². The molecule has 0 bridgehead atoms. The number of anilines is 2. The topological polar surface area (TPSA) is 116 Å². The lowest BCUT2D eigenvalue weighted by Crippen LogP contribution is -2.26. The molecule has 4 aromatic heterocycles. The minimum atomic E-state index is -0.147. The molecule has 0 radical (unpaired) electrons. The number of rotatable bonds is 9. The summed E-state index contributed by atoms with van der Waals surface area (Å²) in [6, 6.07) is 25.6. The van der Waals surface area contributed by atoms with Crippen molar-refractivity contribution in [1.29, 1.82) is 0 Å². The van der Waals surface area contributed by atoms with Gasteiger partial charge < -0.3 is 20.8 Å². The number of nitrogens with one attached hydrogen (secondary N) is 2. The molecule has 4 N–H and O–H groups in total. The van der Waals surface area contributed by atoms with Gasteiger partial charge in [0.1, 0.15) is 34.2 Å². The van der Waals surface area contributed by atoms with Gasteiger partial charge in [0, 0.05) is 46.7 Å². The van der Waals surface area contributed by atoms with E-state index in [-0.39, 0.29) is 34.9 Å². The SMILES string of the molecule is CC(C)(C)CC(Nc1ccc(C2CCCC(C(Nc3ccccn3)c3ccc4cccnc4c3O)C2)cn1)c1ccc2cccnc2c1O. The van der Waals surface area contributed by atoms with Crippen LogP contribution in [0.15, 0.2) is 104 Å². The van der Waals surface area contributed by atoms with Crippen molar-refractivity contribution in [3.8, 4) is 11.5 Å². The van der Waals surface area contributed by atoms with Crippen LogP contribution in [0.25, 0.3) is 21.8 Å². The number of hydrogen-bond donors (Lipinski definition) is 4. The number of phenolic OH excluding ortho intramolecular Hbond substituents is 2. The molecule has 4 unspecified atom stereocenters. The third-order valence-electron chi connectivity index (χ3n) is 9.82. The van der Waals surface area contributed by atoms with Gasteiger partial charge >= 0.3 is 0 Å². The van der Waals surface area contributed by atoms with Crippen LogP contribution >= 0.6 is 0 Å². The van der Waals surface area contributed by atoms with E-state index in [2.05, 4.69) is 58.5 Å². The summed E-state index contributed by atoms with van der Waals surface area (Å²) >= 11 is 0. The summed E-state index contributed by atoms with van der Waals surface area (Å²) in [4.78, 5) is 18.4. The molecular weight excluding hydrogens is 608 g/mol. The number of fused-ring (bicyclic) bond motifs is 2. The summed E-state index contributed by atoms with van der Waals surface area (Å²) in [5.74, 6) is 2.58. The molecule has 6 aromatic rings. The zero-order valence-electron chi connectivity index (χ0n) is 28.3.